The van der Waals surface area contributed by atoms with Gasteiger partial charge in [0.15, 0.2) is 5.66 Å². The lowest BCUT2D eigenvalue weighted by Gasteiger charge is -2.49. The molecule has 3 aliphatic heterocycles. The average Bonchev–Trinajstić information content (AvgIpc) is 3.74. The molecule has 0 fully saturated rings. The highest BCUT2D eigenvalue weighted by Gasteiger charge is 2.58. The van der Waals surface area contributed by atoms with Gasteiger partial charge in [0.25, 0.3) is 0 Å². The number of nitrogens with zero attached hydrogens (tertiary/aromatic N) is 6. The van der Waals surface area contributed by atoms with E-state index in [1.807, 2.05) is 24.5 Å². The summed E-state index contributed by atoms with van der Waals surface area (Å²) in [6, 6.07) is 42.8. The maximum atomic E-state index is 6.48. The zero-order chi connectivity index (χ0) is 28.8. The van der Waals surface area contributed by atoms with Crippen molar-refractivity contribution in [2.45, 2.75) is 5.66 Å². The molecule has 6 aromatic rings. The maximum Gasteiger partial charge on any atom is 0.173 e. The monoisotopic (exact) mass is 570 g/mol. The van der Waals surface area contributed by atoms with Gasteiger partial charge in [-0.05, 0) is 60.7 Å². The Balaban J connectivity index is 1.34. The average molecular weight is 571 g/mol. The van der Waals surface area contributed by atoms with Crippen molar-refractivity contribution in [3.05, 3.63) is 145 Å². The summed E-state index contributed by atoms with van der Waals surface area (Å²) in [4.78, 5) is 19.8. The highest BCUT2D eigenvalue weighted by atomic mass is 16.5. The van der Waals surface area contributed by atoms with Crippen LogP contribution in [0.5, 0.6) is 11.5 Å². The Morgan fingerprint density at radius 3 is 1.48 bits per heavy atom. The van der Waals surface area contributed by atoms with E-state index in [1.165, 1.54) is 0 Å². The summed E-state index contributed by atoms with van der Waals surface area (Å²) < 4.78 is 6.48. The molecule has 2 aromatic heterocycles. The maximum absolute atomic E-state index is 6.48. The summed E-state index contributed by atoms with van der Waals surface area (Å²) in [6.07, 6.45) is 3.76. The Bertz CT molecular complexity index is 1980. The first kappa shape index (κ1) is 23.7. The molecule has 4 aliphatic rings. The second-order valence-corrected chi connectivity index (χ2v) is 11.5. The minimum absolute atomic E-state index is 0.620. The van der Waals surface area contributed by atoms with E-state index in [9.17, 15) is 0 Å². The summed E-state index contributed by atoms with van der Waals surface area (Å²) >= 11 is 0. The van der Waals surface area contributed by atoms with E-state index in [0.717, 1.165) is 68.1 Å². The van der Waals surface area contributed by atoms with Crippen LogP contribution in [0.25, 0.3) is 11.4 Å². The van der Waals surface area contributed by atoms with Crippen LogP contribution in [0.1, 0.15) is 11.1 Å². The number of hydrogen-bond acceptors (Lipinski definition) is 7. The molecule has 0 radical (unpaired) electrons. The molecular formula is C37H26N6O. The molecule has 0 saturated carbocycles. The Labute approximate surface area is 254 Å². The topological polar surface area (TPSA) is 48.0 Å². The molecule has 0 atom stereocenters. The van der Waals surface area contributed by atoms with Crippen LogP contribution in [-0.4, -0.2) is 23.3 Å². The molecule has 5 heterocycles. The van der Waals surface area contributed by atoms with Crippen LogP contribution in [-0.2, 0) is 5.66 Å². The molecule has 0 N–H and O–H groups in total. The highest BCUT2D eigenvalue weighted by molar-refractivity contribution is 5.92. The highest BCUT2D eigenvalue weighted by Crippen LogP contribution is 2.59. The number of ether oxygens (including phenoxy) is 1. The first-order valence-electron chi connectivity index (χ1n) is 14.9. The van der Waals surface area contributed by atoms with Crippen molar-refractivity contribution in [1.82, 2.24) is 9.97 Å². The first-order valence-corrected chi connectivity index (χ1v) is 14.9. The summed E-state index contributed by atoms with van der Waals surface area (Å²) in [5, 5.41) is 0. The number of benzene rings is 4. The van der Waals surface area contributed by atoms with Crippen LogP contribution in [0.2, 0.25) is 0 Å². The lowest BCUT2D eigenvalue weighted by atomic mass is 9.93. The summed E-state index contributed by atoms with van der Waals surface area (Å²) in [7, 11) is 0. The third-order valence-electron chi connectivity index (χ3n) is 9.36. The minimum atomic E-state index is -0.737. The molecule has 0 amide bonds. The van der Waals surface area contributed by atoms with Crippen molar-refractivity contribution < 1.29 is 4.74 Å². The molecule has 7 nitrogen and oxygen atoms in total. The predicted octanol–water partition coefficient (Wildman–Crippen LogP) is 8.00. The lowest BCUT2D eigenvalue weighted by molar-refractivity contribution is 0.469. The number of rotatable bonds is 0. The Morgan fingerprint density at radius 1 is 0.500 bits per heavy atom. The molecule has 10 rings (SSSR count). The Kier molecular flexibility index (Phi) is 4.64. The zero-order valence-electron chi connectivity index (χ0n) is 23.7. The van der Waals surface area contributed by atoms with Gasteiger partial charge in [-0.2, -0.15) is 0 Å². The van der Waals surface area contributed by atoms with Crippen molar-refractivity contribution in [3.63, 3.8) is 0 Å². The van der Waals surface area contributed by atoms with E-state index >= 15 is 0 Å². The molecule has 7 heteroatoms. The fourth-order valence-corrected chi connectivity index (χ4v) is 7.61. The number of aromatic nitrogens is 2. The number of anilines is 6. The van der Waals surface area contributed by atoms with E-state index in [-0.39, 0.29) is 0 Å². The molecule has 8 bridgehead atoms. The van der Waals surface area contributed by atoms with Crippen molar-refractivity contribution >= 4 is 34.1 Å². The largest absolute Gasteiger partial charge is 0.457 e. The molecule has 0 unspecified atom stereocenters. The van der Waals surface area contributed by atoms with Gasteiger partial charge in [0, 0.05) is 47.0 Å². The number of fused-ring (bicyclic) bond motifs is 23. The van der Waals surface area contributed by atoms with Crippen molar-refractivity contribution in [1.29, 1.82) is 0 Å². The second-order valence-electron chi connectivity index (χ2n) is 11.5. The molecule has 1 spiro atoms. The van der Waals surface area contributed by atoms with E-state index < -0.39 is 5.66 Å². The van der Waals surface area contributed by atoms with Crippen LogP contribution in [0.3, 0.4) is 0 Å². The molecule has 44 heavy (non-hydrogen) atoms. The van der Waals surface area contributed by atoms with Gasteiger partial charge < -0.3 is 24.3 Å². The SMILES string of the molecule is c1cc2cc(c1)N1CN(c3ccccc31)C1(c3cccnc3-c3ncccc31)N1CN(c3cccc(c3)O2)c2ccccc21. The fourth-order valence-electron chi connectivity index (χ4n) is 7.61. The Morgan fingerprint density at radius 2 is 0.977 bits per heavy atom. The molecular weight excluding hydrogens is 544 g/mol. The third-order valence-corrected chi connectivity index (χ3v) is 9.36. The smallest absolute Gasteiger partial charge is 0.173 e. The lowest BCUT2D eigenvalue weighted by Crippen LogP contribution is -2.59. The van der Waals surface area contributed by atoms with Gasteiger partial charge in [-0.1, -0.05) is 48.5 Å². The number of pyridine rings is 2. The molecule has 0 saturated heterocycles. The van der Waals surface area contributed by atoms with Crippen molar-refractivity contribution in [3.8, 4) is 22.9 Å². The van der Waals surface area contributed by atoms with Gasteiger partial charge in [-0.25, -0.2) is 0 Å². The number of para-hydroxylation sites is 4. The van der Waals surface area contributed by atoms with E-state index in [4.69, 9.17) is 14.7 Å². The van der Waals surface area contributed by atoms with Crippen LogP contribution >= 0.6 is 0 Å². The predicted molar refractivity (Wildman–Crippen MR) is 173 cm³/mol. The van der Waals surface area contributed by atoms with Crippen LogP contribution in [0.15, 0.2) is 134 Å². The fraction of sp³-hybridized carbons (Fsp3) is 0.0811. The van der Waals surface area contributed by atoms with Crippen LogP contribution in [0.4, 0.5) is 34.1 Å². The zero-order valence-corrected chi connectivity index (χ0v) is 23.7. The van der Waals surface area contributed by atoms with Crippen molar-refractivity contribution in [2.75, 3.05) is 32.9 Å². The molecule has 1 aliphatic carbocycles. The van der Waals surface area contributed by atoms with Gasteiger partial charge in [-0.15, -0.1) is 0 Å². The van der Waals surface area contributed by atoms with E-state index in [2.05, 4.69) is 129 Å². The summed E-state index contributed by atoms with van der Waals surface area (Å²) in [5.74, 6) is 1.60. The van der Waals surface area contributed by atoms with Gasteiger partial charge in [0.2, 0.25) is 0 Å². The van der Waals surface area contributed by atoms with Crippen LogP contribution < -0.4 is 24.3 Å². The van der Waals surface area contributed by atoms with Crippen molar-refractivity contribution in [2.24, 2.45) is 0 Å². The van der Waals surface area contributed by atoms with Gasteiger partial charge in [-0.3, -0.25) is 9.97 Å². The quantitative estimate of drug-likeness (QED) is 0.183. The standard InChI is InChI=1S/C37H26N6O/c1-3-17-33-31(15-1)40-23-42(33)37(29-13-7-19-38-35(29)36-30(37)14-8-20-39-36)43-24-41(32-16-2-4-18-34(32)43)26-10-6-12-28(22-26)44-27-11-5-9-25(40)21-27/h1-22H,23-24H2. The van der Waals surface area contributed by atoms with Crippen LogP contribution in [0, 0.1) is 0 Å². The molecule has 210 valence electrons. The minimum Gasteiger partial charge on any atom is -0.457 e. The van der Waals surface area contributed by atoms with Gasteiger partial charge in [0.05, 0.1) is 47.5 Å². The second kappa shape index (κ2) is 8.61. The van der Waals surface area contributed by atoms with E-state index in [0.29, 0.717) is 13.3 Å². The van der Waals surface area contributed by atoms with Gasteiger partial charge >= 0.3 is 0 Å². The summed E-state index contributed by atoms with van der Waals surface area (Å²) in [6.45, 7) is 1.24. The molecule has 4 aromatic carbocycles. The third kappa shape index (κ3) is 3.00. The van der Waals surface area contributed by atoms with E-state index in [1.54, 1.807) is 0 Å². The Hall–Kier alpha value is -5.82. The first-order chi connectivity index (χ1) is 21.8. The number of hydrogen-bond donors (Lipinski definition) is 0. The normalized spacial score (nSPS) is 16.2. The summed E-state index contributed by atoms with van der Waals surface area (Å²) in [5.41, 5.74) is 10.1. The van der Waals surface area contributed by atoms with Gasteiger partial charge in [0.1, 0.15) is 11.5 Å².